The second-order valence-corrected chi connectivity index (χ2v) is 17.1. The number of aliphatic hydroxyl groups is 6. The molecule has 6 nitrogen and oxygen atoms in total. The first kappa shape index (κ1) is 53.2. The monoisotopic (exact) mass is 767 g/mol. The molecule has 0 heterocycles. The lowest BCUT2D eigenvalue weighted by Gasteiger charge is -2.45. The second kappa shape index (κ2) is 36.6. The lowest BCUT2D eigenvalue weighted by atomic mass is 9.74. The molecule has 6 atom stereocenters. The van der Waals surface area contributed by atoms with Crippen LogP contribution in [0, 0.1) is 0 Å². The molecule has 0 spiro atoms. The van der Waals surface area contributed by atoms with Gasteiger partial charge in [-0.1, -0.05) is 231 Å². The maximum absolute atomic E-state index is 11.5. The summed E-state index contributed by atoms with van der Waals surface area (Å²) in [6.45, 7) is 11.9. The zero-order chi connectivity index (χ0) is 40.2. The van der Waals surface area contributed by atoms with Gasteiger partial charge in [-0.3, -0.25) is 0 Å². The van der Waals surface area contributed by atoms with Gasteiger partial charge < -0.3 is 30.6 Å². The molecule has 0 aliphatic carbocycles. The van der Waals surface area contributed by atoms with Gasteiger partial charge in [-0.2, -0.15) is 0 Å². The average molecular weight is 767 g/mol. The topological polar surface area (TPSA) is 121 Å². The smallest absolute Gasteiger partial charge is 0.122 e. The van der Waals surface area contributed by atoms with E-state index in [2.05, 4.69) is 27.0 Å². The molecule has 0 aromatic rings. The summed E-state index contributed by atoms with van der Waals surface area (Å²) in [5.41, 5.74) is -4.22. The number of hydrogen-bond acceptors (Lipinski definition) is 6. The molecule has 0 rings (SSSR count). The van der Waals surface area contributed by atoms with Crippen molar-refractivity contribution in [3.63, 3.8) is 0 Å². The van der Waals surface area contributed by atoms with Crippen molar-refractivity contribution in [2.45, 2.75) is 281 Å². The summed E-state index contributed by atoms with van der Waals surface area (Å²) >= 11 is 0. The van der Waals surface area contributed by atoms with Crippen LogP contribution in [-0.4, -0.2) is 66.3 Å². The van der Waals surface area contributed by atoms with E-state index in [-0.39, 0.29) is 25.7 Å². The zero-order valence-corrected chi connectivity index (χ0v) is 36.0. The molecule has 0 bridgehead atoms. The maximum Gasteiger partial charge on any atom is 0.122 e. The predicted octanol–water partition coefficient (Wildman–Crippen LogP) is 12.3. The van der Waals surface area contributed by atoms with Gasteiger partial charge in [-0.05, 0) is 25.7 Å². The lowest BCUT2D eigenvalue weighted by Crippen LogP contribution is -2.65. The van der Waals surface area contributed by atoms with Crippen molar-refractivity contribution in [1.29, 1.82) is 0 Å². The molecular formula is C48H94O6. The van der Waals surface area contributed by atoms with Crippen molar-refractivity contribution < 1.29 is 30.6 Å². The van der Waals surface area contributed by atoms with Gasteiger partial charge in [0.15, 0.2) is 0 Å². The Kier molecular flexibility index (Phi) is 36.1. The number of rotatable bonds is 43. The van der Waals surface area contributed by atoms with E-state index >= 15 is 0 Å². The Morgan fingerprint density at radius 1 is 0.352 bits per heavy atom. The average Bonchev–Trinajstić information content (AvgIpc) is 3.16. The molecule has 0 saturated carbocycles. The third-order valence-electron chi connectivity index (χ3n) is 12.1. The van der Waals surface area contributed by atoms with E-state index < -0.39 is 35.6 Å². The molecule has 0 aromatic heterocycles. The first-order valence-corrected chi connectivity index (χ1v) is 23.5. The van der Waals surface area contributed by atoms with E-state index in [1.807, 2.05) is 0 Å². The summed E-state index contributed by atoms with van der Waals surface area (Å²) in [5.74, 6) is 0. The standard InChI is InChI=1S/C48H94O6/c1-5-9-11-13-15-17-19-21-23-25-27-29-31-33-35-37-39-43(49)47(53,41-7-3)45(51)46(52)48(54,42-8-4)44(50)40-38-36-34-32-30-28-26-24-22-20-18-16-14-12-10-6-2/h7-8,43-46,49-54H,3-6,9-42H2,1-2H3/t43?,44?,45-,46-,47+,48+/m0/s1. The predicted molar refractivity (Wildman–Crippen MR) is 232 cm³/mol. The molecule has 322 valence electrons. The van der Waals surface area contributed by atoms with Crippen molar-refractivity contribution in [3.05, 3.63) is 25.3 Å². The largest absolute Gasteiger partial charge is 0.390 e. The first-order chi connectivity index (χ1) is 26.1. The van der Waals surface area contributed by atoms with Crippen LogP contribution in [0.25, 0.3) is 0 Å². The van der Waals surface area contributed by atoms with E-state index in [1.165, 1.54) is 166 Å². The molecule has 0 fully saturated rings. The third kappa shape index (κ3) is 25.5. The molecule has 6 N–H and O–H groups in total. The number of hydrogen-bond donors (Lipinski definition) is 6. The van der Waals surface area contributed by atoms with Crippen LogP contribution in [0.2, 0.25) is 0 Å². The minimum absolute atomic E-state index is 0.162. The molecule has 0 aliphatic rings. The molecule has 0 radical (unpaired) electrons. The van der Waals surface area contributed by atoms with Gasteiger partial charge in [-0.15, -0.1) is 13.2 Å². The molecule has 0 aliphatic heterocycles. The quantitative estimate of drug-likeness (QED) is 0.0271. The fourth-order valence-corrected chi connectivity index (χ4v) is 8.19. The Morgan fingerprint density at radius 3 is 0.722 bits per heavy atom. The van der Waals surface area contributed by atoms with Gasteiger partial charge >= 0.3 is 0 Å². The Bertz CT molecular complexity index is 755. The minimum atomic E-state index is -2.11. The van der Waals surface area contributed by atoms with E-state index in [9.17, 15) is 30.6 Å². The van der Waals surface area contributed by atoms with Crippen LogP contribution in [0.1, 0.15) is 245 Å². The highest BCUT2D eigenvalue weighted by Crippen LogP contribution is 2.34. The Hall–Kier alpha value is -0.760. The number of aliphatic hydroxyl groups excluding tert-OH is 4. The fourth-order valence-electron chi connectivity index (χ4n) is 8.19. The van der Waals surface area contributed by atoms with Crippen molar-refractivity contribution in [1.82, 2.24) is 0 Å². The highest BCUT2D eigenvalue weighted by Gasteiger charge is 2.53. The van der Waals surface area contributed by atoms with E-state index in [0.29, 0.717) is 12.8 Å². The second-order valence-electron chi connectivity index (χ2n) is 17.1. The van der Waals surface area contributed by atoms with Gasteiger partial charge in [0.05, 0.1) is 12.2 Å². The molecule has 6 heteroatoms. The minimum Gasteiger partial charge on any atom is -0.390 e. The van der Waals surface area contributed by atoms with Crippen LogP contribution in [0.5, 0.6) is 0 Å². The molecule has 0 saturated heterocycles. The highest BCUT2D eigenvalue weighted by atomic mass is 16.4. The molecule has 0 amide bonds. The zero-order valence-electron chi connectivity index (χ0n) is 36.0. The summed E-state index contributed by atoms with van der Waals surface area (Å²) in [6, 6.07) is 0. The Morgan fingerprint density at radius 2 is 0.537 bits per heavy atom. The van der Waals surface area contributed by atoms with Crippen LogP contribution in [0.4, 0.5) is 0 Å². The molecule has 0 aromatic carbocycles. The summed E-state index contributed by atoms with van der Waals surface area (Å²) in [5, 5.41) is 67.8. The van der Waals surface area contributed by atoms with Crippen molar-refractivity contribution in [2.75, 3.05) is 0 Å². The van der Waals surface area contributed by atoms with Gasteiger partial charge in [0, 0.05) is 0 Å². The SMILES string of the molecule is C=CC[C@@](O)(C(O)CCCCCCCCCCCCCCCCCC)[C@@H](O)[C@H](O)[C@@](O)(CC=C)C(O)CCCCCCCCCCCCCCCCCC. The van der Waals surface area contributed by atoms with Gasteiger partial charge in [0.1, 0.15) is 23.4 Å². The maximum atomic E-state index is 11.5. The number of unbranched alkanes of at least 4 members (excludes halogenated alkanes) is 30. The summed E-state index contributed by atoms with van der Waals surface area (Å²) in [7, 11) is 0. The third-order valence-corrected chi connectivity index (χ3v) is 12.1. The van der Waals surface area contributed by atoms with Crippen LogP contribution >= 0.6 is 0 Å². The van der Waals surface area contributed by atoms with Crippen LogP contribution in [0.3, 0.4) is 0 Å². The fraction of sp³-hybridized carbons (Fsp3) is 0.917. The van der Waals surface area contributed by atoms with Gasteiger partial charge in [0.25, 0.3) is 0 Å². The van der Waals surface area contributed by atoms with Crippen molar-refractivity contribution in [3.8, 4) is 0 Å². The van der Waals surface area contributed by atoms with Crippen LogP contribution in [-0.2, 0) is 0 Å². The molecular weight excluding hydrogens is 673 g/mol. The first-order valence-electron chi connectivity index (χ1n) is 23.5. The summed E-state index contributed by atoms with van der Waals surface area (Å²) in [6.07, 6.45) is 36.3. The Labute approximate surface area is 335 Å². The lowest BCUT2D eigenvalue weighted by molar-refractivity contribution is -0.233. The summed E-state index contributed by atoms with van der Waals surface area (Å²) in [4.78, 5) is 0. The normalized spacial score (nSPS) is 16.4. The van der Waals surface area contributed by atoms with Gasteiger partial charge in [0.2, 0.25) is 0 Å². The Balaban J connectivity index is 4.44. The van der Waals surface area contributed by atoms with Gasteiger partial charge in [-0.25, -0.2) is 0 Å². The van der Waals surface area contributed by atoms with E-state index in [4.69, 9.17) is 0 Å². The van der Waals surface area contributed by atoms with E-state index in [0.717, 1.165) is 38.5 Å². The van der Waals surface area contributed by atoms with E-state index in [1.54, 1.807) is 0 Å². The highest BCUT2D eigenvalue weighted by molar-refractivity contribution is 5.08. The van der Waals surface area contributed by atoms with Crippen molar-refractivity contribution in [2.24, 2.45) is 0 Å². The molecule has 54 heavy (non-hydrogen) atoms. The molecule has 2 unspecified atom stereocenters. The van der Waals surface area contributed by atoms with Crippen LogP contribution in [0.15, 0.2) is 25.3 Å². The van der Waals surface area contributed by atoms with Crippen molar-refractivity contribution >= 4 is 0 Å². The summed E-state index contributed by atoms with van der Waals surface area (Å²) < 4.78 is 0. The van der Waals surface area contributed by atoms with Crippen LogP contribution < -0.4 is 0 Å².